The number of alkyl halides is 3. The van der Waals surface area contributed by atoms with Crippen molar-refractivity contribution in [3.8, 4) is 0 Å². The Balaban J connectivity index is 3.50. The average molecular weight is 242 g/mol. The van der Waals surface area contributed by atoms with Crippen LogP contribution in [0.4, 0.5) is 13.2 Å². The van der Waals surface area contributed by atoms with Gasteiger partial charge in [0, 0.05) is 6.04 Å². The standard InChI is InChI=1S/C9H17F3N2O2/c10-9(11,12)8(15)16-6-2-4-7(14)3-1-5-13/h7H,1-6,13-14H2. The van der Waals surface area contributed by atoms with E-state index in [2.05, 4.69) is 4.74 Å². The normalized spacial score (nSPS) is 13.6. The van der Waals surface area contributed by atoms with Gasteiger partial charge in [0.25, 0.3) is 0 Å². The number of hydrogen-bond donors (Lipinski definition) is 2. The summed E-state index contributed by atoms with van der Waals surface area (Å²) in [6, 6.07) is -0.104. The lowest BCUT2D eigenvalue weighted by Crippen LogP contribution is -2.26. The second-order valence-electron chi connectivity index (χ2n) is 3.47. The van der Waals surface area contributed by atoms with Gasteiger partial charge in [-0.25, -0.2) is 4.79 Å². The van der Waals surface area contributed by atoms with E-state index in [4.69, 9.17) is 11.5 Å². The lowest BCUT2D eigenvalue weighted by atomic mass is 10.1. The van der Waals surface area contributed by atoms with E-state index in [9.17, 15) is 18.0 Å². The molecular weight excluding hydrogens is 225 g/mol. The van der Waals surface area contributed by atoms with Gasteiger partial charge in [-0.05, 0) is 32.2 Å². The Morgan fingerprint density at radius 3 is 2.31 bits per heavy atom. The highest BCUT2D eigenvalue weighted by atomic mass is 19.4. The molecule has 0 aromatic rings. The molecule has 0 aromatic carbocycles. The van der Waals surface area contributed by atoms with Crippen LogP contribution < -0.4 is 11.5 Å². The molecule has 0 aliphatic rings. The molecule has 7 heteroatoms. The van der Waals surface area contributed by atoms with E-state index in [1.807, 2.05) is 0 Å². The monoisotopic (exact) mass is 242 g/mol. The number of esters is 1. The molecule has 0 amide bonds. The molecule has 0 fully saturated rings. The first-order valence-electron chi connectivity index (χ1n) is 5.07. The third-order valence-corrected chi connectivity index (χ3v) is 1.96. The van der Waals surface area contributed by atoms with Crippen LogP contribution in [0, 0.1) is 0 Å². The lowest BCUT2D eigenvalue weighted by Gasteiger charge is -2.11. The molecule has 4 N–H and O–H groups in total. The van der Waals surface area contributed by atoms with Gasteiger partial charge in [0.15, 0.2) is 0 Å². The number of carbonyl (C=O) groups is 1. The number of carbonyl (C=O) groups excluding carboxylic acids is 1. The Hall–Kier alpha value is -0.820. The maximum Gasteiger partial charge on any atom is 0.490 e. The molecule has 1 atom stereocenters. The third kappa shape index (κ3) is 7.47. The van der Waals surface area contributed by atoms with E-state index < -0.39 is 12.1 Å². The van der Waals surface area contributed by atoms with Crippen molar-refractivity contribution in [3.63, 3.8) is 0 Å². The zero-order valence-electron chi connectivity index (χ0n) is 8.93. The van der Waals surface area contributed by atoms with Crippen LogP contribution in [0.1, 0.15) is 25.7 Å². The van der Waals surface area contributed by atoms with Gasteiger partial charge in [-0.3, -0.25) is 0 Å². The van der Waals surface area contributed by atoms with Crippen molar-refractivity contribution in [3.05, 3.63) is 0 Å². The first kappa shape index (κ1) is 15.2. The summed E-state index contributed by atoms with van der Waals surface area (Å²) in [5, 5.41) is 0. The summed E-state index contributed by atoms with van der Waals surface area (Å²) >= 11 is 0. The zero-order chi connectivity index (χ0) is 12.6. The molecule has 96 valence electrons. The van der Waals surface area contributed by atoms with E-state index in [-0.39, 0.29) is 12.6 Å². The Bertz CT molecular complexity index is 209. The summed E-state index contributed by atoms with van der Waals surface area (Å²) < 4.78 is 39.1. The average Bonchev–Trinajstić information content (AvgIpc) is 2.19. The van der Waals surface area contributed by atoms with Crippen LogP contribution in [-0.4, -0.2) is 31.3 Å². The molecule has 1 unspecified atom stereocenters. The van der Waals surface area contributed by atoms with E-state index >= 15 is 0 Å². The van der Waals surface area contributed by atoms with Gasteiger partial charge >= 0.3 is 12.1 Å². The van der Waals surface area contributed by atoms with Crippen molar-refractivity contribution >= 4 is 5.97 Å². The van der Waals surface area contributed by atoms with Crippen molar-refractivity contribution in [2.45, 2.75) is 37.9 Å². The summed E-state index contributed by atoms with van der Waals surface area (Å²) in [4.78, 5) is 10.3. The van der Waals surface area contributed by atoms with Crippen molar-refractivity contribution in [1.82, 2.24) is 0 Å². The molecule has 0 spiro atoms. The lowest BCUT2D eigenvalue weighted by molar-refractivity contribution is -0.199. The molecule has 4 nitrogen and oxygen atoms in total. The van der Waals surface area contributed by atoms with Crippen molar-refractivity contribution in [1.29, 1.82) is 0 Å². The number of ether oxygens (including phenoxy) is 1. The van der Waals surface area contributed by atoms with Crippen LogP contribution in [0.2, 0.25) is 0 Å². The van der Waals surface area contributed by atoms with Crippen molar-refractivity contribution in [2.24, 2.45) is 11.5 Å². The summed E-state index contributed by atoms with van der Waals surface area (Å²) in [5.41, 5.74) is 10.9. The molecule has 0 bridgehead atoms. The summed E-state index contributed by atoms with van der Waals surface area (Å²) in [5.74, 6) is -2.15. The van der Waals surface area contributed by atoms with Crippen LogP contribution in [0.15, 0.2) is 0 Å². The summed E-state index contributed by atoms with van der Waals surface area (Å²) in [7, 11) is 0. The fraction of sp³-hybridized carbons (Fsp3) is 0.889. The Morgan fingerprint density at radius 2 is 1.81 bits per heavy atom. The highest BCUT2D eigenvalue weighted by molar-refractivity contribution is 5.75. The second kappa shape index (κ2) is 7.45. The fourth-order valence-corrected chi connectivity index (χ4v) is 1.12. The highest BCUT2D eigenvalue weighted by Crippen LogP contribution is 2.16. The van der Waals surface area contributed by atoms with Gasteiger partial charge in [-0.2, -0.15) is 13.2 Å². The van der Waals surface area contributed by atoms with Gasteiger partial charge in [-0.1, -0.05) is 0 Å². The number of rotatable bonds is 7. The predicted molar refractivity (Wildman–Crippen MR) is 52.5 cm³/mol. The van der Waals surface area contributed by atoms with Crippen molar-refractivity contribution in [2.75, 3.05) is 13.2 Å². The van der Waals surface area contributed by atoms with E-state index in [1.165, 1.54) is 0 Å². The van der Waals surface area contributed by atoms with E-state index in [0.29, 0.717) is 19.4 Å². The molecule has 0 aliphatic heterocycles. The third-order valence-electron chi connectivity index (χ3n) is 1.96. The number of hydrogen-bond acceptors (Lipinski definition) is 4. The Kier molecular flexibility index (Phi) is 7.07. The van der Waals surface area contributed by atoms with Crippen LogP contribution in [0.25, 0.3) is 0 Å². The van der Waals surface area contributed by atoms with Gasteiger partial charge in [0.1, 0.15) is 0 Å². The maximum atomic E-state index is 11.7. The van der Waals surface area contributed by atoms with Crippen LogP contribution >= 0.6 is 0 Å². The van der Waals surface area contributed by atoms with E-state index in [0.717, 1.165) is 12.8 Å². The van der Waals surface area contributed by atoms with Crippen molar-refractivity contribution < 1.29 is 22.7 Å². The molecule has 0 saturated heterocycles. The number of halogens is 3. The van der Waals surface area contributed by atoms with Gasteiger partial charge < -0.3 is 16.2 Å². The predicted octanol–water partition coefficient (Wildman–Crippen LogP) is 0.938. The first-order chi connectivity index (χ1) is 7.38. The molecule has 0 aliphatic carbocycles. The minimum atomic E-state index is -4.92. The SMILES string of the molecule is NCCCC(N)CCCOC(=O)C(F)(F)F. The number of nitrogens with two attached hydrogens (primary N) is 2. The topological polar surface area (TPSA) is 78.3 Å². The molecule has 0 rings (SSSR count). The quantitative estimate of drug-likeness (QED) is 0.514. The smallest absolute Gasteiger partial charge is 0.459 e. The molecule has 0 saturated carbocycles. The molecule has 0 heterocycles. The highest BCUT2D eigenvalue weighted by Gasteiger charge is 2.40. The first-order valence-corrected chi connectivity index (χ1v) is 5.07. The largest absolute Gasteiger partial charge is 0.490 e. The summed E-state index contributed by atoms with van der Waals surface area (Å²) in [6.07, 6.45) is -2.56. The van der Waals surface area contributed by atoms with Gasteiger partial charge in [-0.15, -0.1) is 0 Å². The van der Waals surface area contributed by atoms with Gasteiger partial charge in [0.05, 0.1) is 6.61 Å². The minimum absolute atomic E-state index is 0.104. The minimum Gasteiger partial charge on any atom is -0.459 e. The molecule has 0 radical (unpaired) electrons. The molecular formula is C9H17F3N2O2. The molecule has 0 aromatic heterocycles. The van der Waals surface area contributed by atoms with Crippen LogP contribution in [0.5, 0.6) is 0 Å². The van der Waals surface area contributed by atoms with Gasteiger partial charge in [0.2, 0.25) is 0 Å². The Labute approximate surface area is 92.1 Å². The fourth-order valence-electron chi connectivity index (χ4n) is 1.12. The van der Waals surface area contributed by atoms with Crippen LogP contribution in [0.3, 0.4) is 0 Å². The Morgan fingerprint density at radius 1 is 1.25 bits per heavy atom. The summed E-state index contributed by atoms with van der Waals surface area (Å²) in [6.45, 7) is 0.283. The maximum absolute atomic E-state index is 11.7. The van der Waals surface area contributed by atoms with E-state index in [1.54, 1.807) is 0 Å². The van der Waals surface area contributed by atoms with Crippen LogP contribution in [-0.2, 0) is 9.53 Å². The zero-order valence-corrected chi connectivity index (χ0v) is 8.93. The second-order valence-corrected chi connectivity index (χ2v) is 3.47. The molecule has 16 heavy (non-hydrogen) atoms.